The fourth-order valence-corrected chi connectivity index (χ4v) is 2.58. The van der Waals surface area contributed by atoms with E-state index < -0.39 is 6.10 Å². The van der Waals surface area contributed by atoms with Gasteiger partial charge in [-0.1, -0.05) is 30.7 Å². The molecule has 2 rings (SSSR count). The molecule has 25 heavy (non-hydrogen) atoms. The predicted molar refractivity (Wildman–Crippen MR) is 100 cm³/mol. The molecular formula is C21H27NO3. The van der Waals surface area contributed by atoms with Crippen molar-refractivity contribution in [3.8, 4) is 11.5 Å². The first kappa shape index (κ1) is 18.8. The molecule has 4 nitrogen and oxygen atoms in total. The molecule has 2 aromatic carbocycles. The molecule has 0 fully saturated rings. The minimum Gasteiger partial charge on any atom is -0.492 e. The Labute approximate surface area is 150 Å². The van der Waals surface area contributed by atoms with E-state index in [9.17, 15) is 4.79 Å². The van der Waals surface area contributed by atoms with Crippen LogP contribution in [0.1, 0.15) is 30.0 Å². The van der Waals surface area contributed by atoms with Gasteiger partial charge in [0.1, 0.15) is 18.1 Å². The second-order valence-electron chi connectivity index (χ2n) is 6.29. The van der Waals surface area contributed by atoms with Gasteiger partial charge in [-0.3, -0.25) is 4.79 Å². The summed E-state index contributed by atoms with van der Waals surface area (Å²) in [5.74, 6) is 1.42. The Morgan fingerprint density at radius 3 is 2.20 bits per heavy atom. The lowest BCUT2D eigenvalue weighted by atomic mass is 10.1. The molecule has 134 valence electrons. The van der Waals surface area contributed by atoms with Gasteiger partial charge in [0.2, 0.25) is 0 Å². The van der Waals surface area contributed by atoms with Gasteiger partial charge in [-0.25, -0.2) is 0 Å². The van der Waals surface area contributed by atoms with Crippen molar-refractivity contribution in [2.75, 3.05) is 13.2 Å². The minimum atomic E-state index is -0.496. The lowest BCUT2D eigenvalue weighted by molar-refractivity contribution is -0.128. The molecule has 0 aliphatic carbocycles. The number of nitrogens with one attached hydrogen (secondary N) is 1. The number of carbonyl (C=O) groups is 1. The molecule has 0 saturated heterocycles. The number of aryl methyl sites for hydroxylation is 3. The summed E-state index contributed by atoms with van der Waals surface area (Å²) < 4.78 is 11.5. The normalized spacial score (nSPS) is 11.7. The van der Waals surface area contributed by atoms with Crippen molar-refractivity contribution in [2.45, 2.75) is 40.2 Å². The molecule has 0 aliphatic heterocycles. The van der Waals surface area contributed by atoms with Crippen molar-refractivity contribution in [3.63, 3.8) is 0 Å². The molecule has 1 N–H and O–H groups in total. The van der Waals surface area contributed by atoms with Crippen LogP contribution in [0.15, 0.2) is 42.5 Å². The fraction of sp³-hybridized carbons (Fsp3) is 0.381. The molecule has 0 spiro atoms. The highest BCUT2D eigenvalue weighted by Gasteiger charge is 2.17. The van der Waals surface area contributed by atoms with Crippen LogP contribution in [0.4, 0.5) is 0 Å². The molecular weight excluding hydrogens is 314 g/mol. The zero-order valence-corrected chi connectivity index (χ0v) is 15.5. The molecule has 0 radical (unpaired) electrons. The number of benzene rings is 2. The van der Waals surface area contributed by atoms with Gasteiger partial charge in [0.15, 0.2) is 6.10 Å². The quantitative estimate of drug-likeness (QED) is 0.739. The lowest BCUT2D eigenvalue weighted by Gasteiger charge is -2.17. The number of rotatable bonds is 8. The number of ether oxygens (including phenoxy) is 2. The van der Waals surface area contributed by atoms with Crippen LogP contribution < -0.4 is 14.8 Å². The highest BCUT2D eigenvalue weighted by Crippen LogP contribution is 2.16. The highest BCUT2D eigenvalue weighted by atomic mass is 16.5. The number of hydrogen-bond acceptors (Lipinski definition) is 3. The minimum absolute atomic E-state index is 0.118. The van der Waals surface area contributed by atoms with Gasteiger partial charge < -0.3 is 14.8 Å². The van der Waals surface area contributed by atoms with Crippen LogP contribution in [0.25, 0.3) is 0 Å². The number of amides is 1. The number of carbonyl (C=O) groups excluding carboxylic acids is 1. The van der Waals surface area contributed by atoms with E-state index in [1.807, 2.05) is 64.1 Å². The summed E-state index contributed by atoms with van der Waals surface area (Å²) in [4.78, 5) is 12.3. The Bertz CT molecular complexity index is 675. The fourth-order valence-electron chi connectivity index (χ4n) is 2.58. The van der Waals surface area contributed by atoms with E-state index in [1.54, 1.807) is 0 Å². The average Bonchev–Trinajstić information content (AvgIpc) is 2.57. The van der Waals surface area contributed by atoms with Crippen LogP contribution in [0.3, 0.4) is 0 Å². The smallest absolute Gasteiger partial charge is 0.261 e. The summed E-state index contributed by atoms with van der Waals surface area (Å²) in [6, 6.07) is 13.8. The summed E-state index contributed by atoms with van der Waals surface area (Å²) in [6.45, 7) is 8.90. The maximum absolute atomic E-state index is 12.3. The summed E-state index contributed by atoms with van der Waals surface area (Å²) in [5, 5.41) is 2.88. The van der Waals surface area contributed by atoms with Crippen LogP contribution in [0.2, 0.25) is 0 Å². The van der Waals surface area contributed by atoms with Crippen LogP contribution in [-0.2, 0) is 4.79 Å². The van der Waals surface area contributed by atoms with Crippen molar-refractivity contribution in [3.05, 3.63) is 59.2 Å². The SMILES string of the molecule is CCC(Oc1ccc(C)cc1)C(=O)NCCOc1cc(C)cc(C)c1. The van der Waals surface area contributed by atoms with E-state index in [0.29, 0.717) is 25.3 Å². The van der Waals surface area contributed by atoms with E-state index in [0.717, 1.165) is 22.4 Å². The second kappa shape index (κ2) is 9.11. The van der Waals surface area contributed by atoms with Crippen molar-refractivity contribution in [1.29, 1.82) is 0 Å². The van der Waals surface area contributed by atoms with E-state index in [1.165, 1.54) is 0 Å². The van der Waals surface area contributed by atoms with Crippen molar-refractivity contribution < 1.29 is 14.3 Å². The molecule has 0 saturated carbocycles. The van der Waals surface area contributed by atoms with Crippen molar-refractivity contribution in [1.82, 2.24) is 5.32 Å². The first-order valence-electron chi connectivity index (χ1n) is 8.70. The summed E-state index contributed by atoms with van der Waals surface area (Å²) in [5.41, 5.74) is 3.49. The molecule has 0 aromatic heterocycles. The lowest BCUT2D eigenvalue weighted by Crippen LogP contribution is -2.39. The Hall–Kier alpha value is -2.49. The van der Waals surface area contributed by atoms with Crippen LogP contribution in [-0.4, -0.2) is 25.2 Å². The first-order valence-corrected chi connectivity index (χ1v) is 8.70. The zero-order chi connectivity index (χ0) is 18.2. The third-order valence-electron chi connectivity index (χ3n) is 3.83. The maximum Gasteiger partial charge on any atom is 0.261 e. The van der Waals surface area contributed by atoms with Gasteiger partial charge in [-0.2, -0.15) is 0 Å². The monoisotopic (exact) mass is 341 g/mol. The molecule has 4 heteroatoms. The van der Waals surface area contributed by atoms with Crippen LogP contribution >= 0.6 is 0 Å². The van der Waals surface area contributed by atoms with Gasteiger partial charge >= 0.3 is 0 Å². The second-order valence-corrected chi connectivity index (χ2v) is 6.29. The van der Waals surface area contributed by atoms with E-state index in [-0.39, 0.29) is 5.91 Å². The summed E-state index contributed by atoms with van der Waals surface area (Å²) in [6.07, 6.45) is 0.112. The topological polar surface area (TPSA) is 47.6 Å². The third kappa shape index (κ3) is 6.14. The van der Waals surface area contributed by atoms with E-state index in [4.69, 9.17) is 9.47 Å². The molecule has 2 aromatic rings. The molecule has 1 amide bonds. The third-order valence-corrected chi connectivity index (χ3v) is 3.83. The van der Waals surface area contributed by atoms with Crippen molar-refractivity contribution >= 4 is 5.91 Å². The molecule has 0 heterocycles. The maximum atomic E-state index is 12.3. The molecule has 1 unspecified atom stereocenters. The van der Waals surface area contributed by atoms with Gasteiger partial charge in [0.05, 0.1) is 6.54 Å². The Morgan fingerprint density at radius 1 is 0.960 bits per heavy atom. The zero-order valence-electron chi connectivity index (χ0n) is 15.5. The number of hydrogen-bond donors (Lipinski definition) is 1. The predicted octanol–water partition coefficient (Wildman–Crippen LogP) is 3.96. The Kier molecular flexibility index (Phi) is 6.87. The first-order chi connectivity index (χ1) is 12.0. The van der Waals surface area contributed by atoms with Crippen LogP contribution in [0, 0.1) is 20.8 Å². The van der Waals surface area contributed by atoms with Gasteiger partial charge in [0, 0.05) is 0 Å². The average molecular weight is 341 g/mol. The van der Waals surface area contributed by atoms with Gasteiger partial charge in [-0.05, 0) is 62.6 Å². The molecule has 1 atom stereocenters. The van der Waals surface area contributed by atoms with E-state index in [2.05, 4.69) is 11.4 Å². The highest BCUT2D eigenvalue weighted by molar-refractivity contribution is 5.81. The Morgan fingerprint density at radius 2 is 1.60 bits per heavy atom. The molecule has 0 aliphatic rings. The van der Waals surface area contributed by atoms with Crippen LogP contribution in [0.5, 0.6) is 11.5 Å². The summed E-state index contributed by atoms with van der Waals surface area (Å²) in [7, 11) is 0. The van der Waals surface area contributed by atoms with Crippen molar-refractivity contribution in [2.24, 2.45) is 0 Å². The summed E-state index contributed by atoms with van der Waals surface area (Å²) >= 11 is 0. The van der Waals surface area contributed by atoms with E-state index >= 15 is 0 Å². The standard InChI is InChI=1S/C21H27NO3/c1-5-20(25-18-8-6-15(2)7-9-18)21(23)22-10-11-24-19-13-16(3)12-17(4)14-19/h6-9,12-14,20H,5,10-11H2,1-4H3,(H,22,23). The molecule has 0 bridgehead atoms. The largest absolute Gasteiger partial charge is 0.492 e. The van der Waals surface area contributed by atoms with Gasteiger partial charge in [-0.15, -0.1) is 0 Å². The van der Waals surface area contributed by atoms with Gasteiger partial charge in [0.25, 0.3) is 5.91 Å². The Balaban J connectivity index is 1.78.